The molecule has 0 atom stereocenters. The highest BCUT2D eigenvalue weighted by molar-refractivity contribution is 6.30. The highest BCUT2D eigenvalue weighted by atomic mass is 35.5. The van der Waals surface area contributed by atoms with Crippen molar-refractivity contribution in [2.24, 2.45) is 0 Å². The Labute approximate surface area is 134 Å². The lowest BCUT2D eigenvalue weighted by molar-refractivity contribution is 0.570. The highest BCUT2D eigenvalue weighted by Gasteiger charge is 2.14. The second kappa shape index (κ2) is 5.61. The molecule has 4 rings (SSSR count). The second-order valence-electron chi connectivity index (χ2n) is 5.66. The summed E-state index contributed by atoms with van der Waals surface area (Å²) < 4.78 is 1.91. The molecule has 3 heterocycles. The molecule has 1 aliphatic rings. The van der Waals surface area contributed by atoms with Crippen LogP contribution in [0.4, 0.5) is 5.82 Å². The summed E-state index contributed by atoms with van der Waals surface area (Å²) in [7, 11) is 0. The van der Waals surface area contributed by atoms with Gasteiger partial charge in [-0.25, -0.2) is 9.50 Å². The minimum absolute atomic E-state index is 0.722. The fourth-order valence-electron chi connectivity index (χ4n) is 3.00. The number of rotatable bonds is 2. The number of anilines is 1. The molecular weight excluding hydrogens is 296 g/mol. The van der Waals surface area contributed by atoms with Gasteiger partial charge in [-0.1, -0.05) is 23.7 Å². The van der Waals surface area contributed by atoms with E-state index in [1.165, 1.54) is 19.3 Å². The van der Waals surface area contributed by atoms with E-state index in [0.717, 1.165) is 40.8 Å². The van der Waals surface area contributed by atoms with Crippen LogP contribution in [0.2, 0.25) is 5.02 Å². The van der Waals surface area contributed by atoms with Gasteiger partial charge in [0.1, 0.15) is 5.82 Å². The smallest absolute Gasteiger partial charge is 0.154 e. The van der Waals surface area contributed by atoms with Crippen LogP contribution < -0.4 is 4.90 Å². The molecule has 0 radical (unpaired) electrons. The van der Waals surface area contributed by atoms with Gasteiger partial charge in [-0.05, 0) is 43.5 Å². The number of benzene rings is 1. The predicted molar refractivity (Wildman–Crippen MR) is 89.5 cm³/mol. The first-order valence-corrected chi connectivity index (χ1v) is 8.05. The summed E-state index contributed by atoms with van der Waals surface area (Å²) in [4.78, 5) is 6.80. The molecule has 1 aliphatic heterocycles. The molecule has 0 amide bonds. The van der Waals surface area contributed by atoms with Gasteiger partial charge in [-0.2, -0.15) is 0 Å². The fraction of sp³-hybridized carbons (Fsp3) is 0.294. The molecule has 4 nitrogen and oxygen atoms in total. The summed E-state index contributed by atoms with van der Waals surface area (Å²) in [6.07, 6.45) is 5.65. The van der Waals surface area contributed by atoms with E-state index in [1.54, 1.807) is 0 Å². The topological polar surface area (TPSA) is 33.4 Å². The number of imidazole rings is 1. The van der Waals surface area contributed by atoms with Crippen LogP contribution in [-0.4, -0.2) is 27.7 Å². The van der Waals surface area contributed by atoms with Gasteiger partial charge in [0.05, 0.1) is 11.9 Å². The highest BCUT2D eigenvalue weighted by Crippen LogP contribution is 2.25. The largest absolute Gasteiger partial charge is 0.355 e. The minimum Gasteiger partial charge on any atom is -0.355 e. The summed E-state index contributed by atoms with van der Waals surface area (Å²) >= 11 is 6.11. The molecule has 1 fully saturated rings. The SMILES string of the molecule is Clc1cccc(-c2cnc3ccc(N4CCCCC4)nn23)c1. The third-order valence-electron chi connectivity index (χ3n) is 4.15. The zero-order chi connectivity index (χ0) is 14.9. The number of nitrogens with zero attached hydrogens (tertiary/aromatic N) is 4. The molecule has 0 saturated carbocycles. The number of hydrogen-bond acceptors (Lipinski definition) is 3. The zero-order valence-corrected chi connectivity index (χ0v) is 13.0. The predicted octanol–water partition coefficient (Wildman–Crippen LogP) is 4.04. The van der Waals surface area contributed by atoms with Crippen LogP contribution in [0, 0.1) is 0 Å². The Bertz CT molecular complexity index is 805. The van der Waals surface area contributed by atoms with Gasteiger partial charge in [0, 0.05) is 23.7 Å². The minimum atomic E-state index is 0.722. The van der Waals surface area contributed by atoms with Gasteiger partial charge < -0.3 is 4.90 Å². The molecular formula is C17H17ClN4. The van der Waals surface area contributed by atoms with Crippen LogP contribution in [0.25, 0.3) is 16.9 Å². The average molecular weight is 313 g/mol. The normalized spacial score (nSPS) is 15.4. The maximum Gasteiger partial charge on any atom is 0.154 e. The standard InChI is InChI=1S/C17H17ClN4/c18-14-6-4-5-13(11-14)15-12-19-16-7-8-17(20-22(15)16)21-9-2-1-3-10-21/h4-8,11-12H,1-3,9-10H2. The first-order valence-electron chi connectivity index (χ1n) is 7.67. The van der Waals surface area contributed by atoms with E-state index in [2.05, 4.69) is 16.0 Å². The summed E-state index contributed by atoms with van der Waals surface area (Å²) in [6, 6.07) is 11.9. The number of piperidine rings is 1. The zero-order valence-electron chi connectivity index (χ0n) is 12.2. The summed E-state index contributed by atoms with van der Waals surface area (Å²) in [5.74, 6) is 1.02. The molecule has 112 valence electrons. The first kappa shape index (κ1) is 13.6. The average Bonchev–Trinajstić information content (AvgIpc) is 2.99. The van der Waals surface area contributed by atoms with Crippen LogP contribution in [0.1, 0.15) is 19.3 Å². The van der Waals surface area contributed by atoms with Gasteiger partial charge in [-0.3, -0.25) is 0 Å². The lowest BCUT2D eigenvalue weighted by Gasteiger charge is -2.27. The van der Waals surface area contributed by atoms with Crippen molar-refractivity contribution in [3.8, 4) is 11.3 Å². The Hall–Kier alpha value is -2.07. The van der Waals surface area contributed by atoms with E-state index in [9.17, 15) is 0 Å². The summed E-state index contributed by atoms with van der Waals surface area (Å²) in [5, 5.41) is 5.52. The molecule has 0 unspecified atom stereocenters. The van der Waals surface area contributed by atoms with E-state index in [1.807, 2.05) is 41.0 Å². The van der Waals surface area contributed by atoms with Crippen molar-refractivity contribution in [2.75, 3.05) is 18.0 Å². The van der Waals surface area contributed by atoms with Crippen LogP contribution in [0.15, 0.2) is 42.6 Å². The van der Waals surface area contributed by atoms with Crippen molar-refractivity contribution in [1.82, 2.24) is 14.6 Å². The lowest BCUT2D eigenvalue weighted by Crippen LogP contribution is -2.30. The molecule has 3 aromatic rings. The van der Waals surface area contributed by atoms with Crippen LogP contribution in [-0.2, 0) is 0 Å². The Kier molecular flexibility index (Phi) is 3.47. The second-order valence-corrected chi connectivity index (χ2v) is 6.10. The van der Waals surface area contributed by atoms with Crippen LogP contribution in [0.3, 0.4) is 0 Å². The number of hydrogen-bond donors (Lipinski definition) is 0. The van der Waals surface area contributed by atoms with Crippen LogP contribution in [0.5, 0.6) is 0 Å². The number of halogens is 1. The van der Waals surface area contributed by atoms with Crippen LogP contribution >= 0.6 is 11.6 Å². The maximum atomic E-state index is 6.11. The van der Waals surface area contributed by atoms with Crippen molar-refractivity contribution < 1.29 is 0 Å². The third-order valence-corrected chi connectivity index (χ3v) is 4.38. The molecule has 2 aromatic heterocycles. The number of fused-ring (bicyclic) bond motifs is 1. The van der Waals surface area contributed by atoms with E-state index < -0.39 is 0 Å². The van der Waals surface area contributed by atoms with Gasteiger partial charge in [0.15, 0.2) is 5.65 Å². The monoisotopic (exact) mass is 312 g/mol. The van der Waals surface area contributed by atoms with Gasteiger partial charge in [0.25, 0.3) is 0 Å². The molecule has 0 aliphatic carbocycles. The molecule has 0 N–H and O–H groups in total. The third kappa shape index (κ3) is 2.44. The quantitative estimate of drug-likeness (QED) is 0.716. The van der Waals surface area contributed by atoms with Crippen molar-refractivity contribution >= 4 is 23.1 Å². The van der Waals surface area contributed by atoms with Gasteiger partial charge >= 0.3 is 0 Å². The van der Waals surface area contributed by atoms with E-state index >= 15 is 0 Å². The Morgan fingerprint density at radius 1 is 1.00 bits per heavy atom. The lowest BCUT2D eigenvalue weighted by atomic mass is 10.1. The van der Waals surface area contributed by atoms with E-state index in [4.69, 9.17) is 16.7 Å². The maximum absolute atomic E-state index is 6.11. The van der Waals surface area contributed by atoms with Crippen molar-refractivity contribution in [3.63, 3.8) is 0 Å². The molecule has 5 heteroatoms. The van der Waals surface area contributed by atoms with Crippen molar-refractivity contribution in [3.05, 3.63) is 47.6 Å². The summed E-state index contributed by atoms with van der Waals surface area (Å²) in [6.45, 7) is 2.17. The van der Waals surface area contributed by atoms with E-state index in [0.29, 0.717) is 0 Å². The van der Waals surface area contributed by atoms with Crippen molar-refractivity contribution in [1.29, 1.82) is 0 Å². The van der Waals surface area contributed by atoms with Gasteiger partial charge in [0.2, 0.25) is 0 Å². The molecule has 1 saturated heterocycles. The Morgan fingerprint density at radius 2 is 1.86 bits per heavy atom. The van der Waals surface area contributed by atoms with Crippen molar-refractivity contribution in [2.45, 2.75) is 19.3 Å². The Morgan fingerprint density at radius 3 is 2.68 bits per heavy atom. The summed E-state index contributed by atoms with van der Waals surface area (Å²) in [5.41, 5.74) is 2.86. The Balaban J connectivity index is 1.79. The molecule has 0 spiro atoms. The van der Waals surface area contributed by atoms with E-state index in [-0.39, 0.29) is 0 Å². The first-order chi connectivity index (χ1) is 10.8. The molecule has 0 bridgehead atoms. The number of aromatic nitrogens is 3. The fourth-order valence-corrected chi connectivity index (χ4v) is 3.19. The van der Waals surface area contributed by atoms with Gasteiger partial charge in [-0.15, -0.1) is 5.10 Å². The molecule has 1 aromatic carbocycles. The molecule has 22 heavy (non-hydrogen) atoms.